The fourth-order valence-electron chi connectivity index (χ4n) is 5.33. The van der Waals surface area contributed by atoms with E-state index >= 15 is 0 Å². The predicted molar refractivity (Wildman–Crippen MR) is 76.5 cm³/mol. The minimum Gasteiger partial charge on any atom is -0.461 e. The molecule has 0 aromatic rings. The zero-order valence-electron chi connectivity index (χ0n) is 13.3. The molecule has 8 atom stereocenters. The highest BCUT2D eigenvalue weighted by Gasteiger charge is 2.76. The molecule has 3 fully saturated rings. The highest BCUT2D eigenvalue weighted by atomic mass is 16.7. The van der Waals surface area contributed by atoms with Crippen molar-refractivity contribution in [2.24, 2.45) is 28.6 Å². The molecule has 0 bridgehead atoms. The van der Waals surface area contributed by atoms with E-state index in [9.17, 15) is 14.7 Å². The van der Waals surface area contributed by atoms with Gasteiger partial charge >= 0.3 is 5.97 Å². The molecule has 5 nitrogen and oxygen atoms in total. The summed E-state index contributed by atoms with van der Waals surface area (Å²) in [6.45, 7) is 7.23. The van der Waals surface area contributed by atoms with Crippen LogP contribution in [0.4, 0.5) is 0 Å². The molecule has 4 rings (SSSR count). The number of rotatable bonds is 0. The van der Waals surface area contributed by atoms with Crippen LogP contribution in [0.1, 0.15) is 34.1 Å². The number of allylic oxidation sites excluding steroid dienone is 2. The third-order valence-corrected chi connectivity index (χ3v) is 6.88. The second kappa shape index (κ2) is 3.82. The molecular weight excluding hydrogens is 284 g/mol. The van der Waals surface area contributed by atoms with Crippen molar-refractivity contribution in [3.8, 4) is 0 Å². The van der Waals surface area contributed by atoms with Crippen LogP contribution in [0.25, 0.3) is 0 Å². The molecule has 0 aromatic heterocycles. The number of hydrogen-bond donors (Lipinski definition) is 1. The Morgan fingerprint density at radius 3 is 2.64 bits per heavy atom. The van der Waals surface area contributed by atoms with Crippen molar-refractivity contribution in [1.82, 2.24) is 0 Å². The number of hydrogen-bond acceptors (Lipinski definition) is 5. The van der Waals surface area contributed by atoms with Crippen LogP contribution in [0.15, 0.2) is 12.2 Å². The first-order chi connectivity index (χ1) is 10.1. The van der Waals surface area contributed by atoms with Gasteiger partial charge in [0.05, 0.1) is 11.5 Å². The van der Waals surface area contributed by atoms with E-state index in [2.05, 4.69) is 6.92 Å². The summed E-state index contributed by atoms with van der Waals surface area (Å²) in [4.78, 5) is 25.1. The van der Waals surface area contributed by atoms with Gasteiger partial charge in [-0.15, -0.1) is 0 Å². The summed E-state index contributed by atoms with van der Waals surface area (Å²) >= 11 is 0. The Morgan fingerprint density at radius 1 is 1.27 bits per heavy atom. The first-order valence-electron chi connectivity index (χ1n) is 7.98. The van der Waals surface area contributed by atoms with Crippen molar-refractivity contribution >= 4 is 11.8 Å². The van der Waals surface area contributed by atoms with Gasteiger partial charge in [0, 0.05) is 5.92 Å². The van der Waals surface area contributed by atoms with Gasteiger partial charge in [-0.2, -0.15) is 0 Å². The number of aliphatic hydroxyl groups is 1. The van der Waals surface area contributed by atoms with Gasteiger partial charge in [-0.3, -0.25) is 9.59 Å². The predicted octanol–water partition coefficient (Wildman–Crippen LogP) is 1.44. The van der Waals surface area contributed by atoms with E-state index in [1.165, 1.54) is 6.92 Å². The maximum atomic E-state index is 12.6. The van der Waals surface area contributed by atoms with Gasteiger partial charge in [0.2, 0.25) is 0 Å². The maximum Gasteiger partial charge on any atom is 0.318 e. The fourth-order valence-corrected chi connectivity index (χ4v) is 5.33. The average molecular weight is 306 g/mol. The van der Waals surface area contributed by atoms with Crippen LogP contribution in [-0.2, 0) is 19.1 Å². The van der Waals surface area contributed by atoms with Crippen molar-refractivity contribution < 1.29 is 24.2 Å². The van der Waals surface area contributed by atoms with E-state index in [4.69, 9.17) is 9.47 Å². The Bertz CT molecular complexity index is 608. The van der Waals surface area contributed by atoms with Gasteiger partial charge in [0.15, 0.2) is 11.6 Å². The van der Waals surface area contributed by atoms with Crippen molar-refractivity contribution in [1.29, 1.82) is 0 Å². The van der Waals surface area contributed by atoms with Crippen LogP contribution < -0.4 is 0 Å². The summed E-state index contributed by atoms with van der Waals surface area (Å²) in [7, 11) is 0. The summed E-state index contributed by atoms with van der Waals surface area (Å²) in [5, 5.41) is 10.8. The molecular formula is C17H22O5. The highest BCUT2D eigenvalue weighted by Crippen LogP contribution is 2.64. The molecule has 22 heavy (non-hydrogen) atoms. The van der Waals surface area contributed by atoms with Crippen LogP contribution in [-0.4, -0.2) is 34.9 Å². The molecule has 0 radical (unpaired) electrons. The molecule has 2 saturated heterocycles. The third kappa shape index (κ3) is 1.30. The third-order valence-electron chi connectivity index (χ3n) is 6.88. The molecule has 2 aliphatic heterocycles. The first kappa shape index (κ1) is 14.4. The maximum absolute atomic E-state index is 12.6. The number of esters is 1. The summed E-state index contributed by atoms with van der Waals surface area (Å²) in [6.07, 6.45) is 3.48. The van der Waals surface area contributed by atoms with Crippen molar-refractivity contribution in [3.05, 3.63) is 12.2 Å². The second-order valence-corrected chi connectivity index (χ2v) is 7.94. The van der Waals surface area contributed by atoms with E-state index in [0.717, 1.165) is 0 Å². The Hall–Kier alpha value is -1.20. The second-order valence-electron chi connectivity index (χ2n) is 7.94. The summed E-state index contributed by atoms with van der Waals surface area (Å²) in [6, 6.07) is 0. The minimum atomic E-state index is -1.62. The van der Waals surface area contributed by atoms with E-state index in [1.54, 1.807) is 13.0 Å². The molecule has 1 saturated carbocycles. The zero-order chi connectivity index (χ0) is 16.1. The Balaban J connectivity index is 1.92. The Labute approximate surface area is 129 Å². The normalized spacial score (nSPS) is 59.2. The molecule has 1 N–H and O–H groups in total. The lowest BCUT2D eigenvalue weighted by Crippen LogP contribution is -2.47. The van der Waals surface area contributed by atoms with Gasteiger partial charge < -0.3 is 14.6 Å². The Kier molecular flexibility index (Phi) is 2.50. The molecule has 2 aliphatic carbocycles. The van der Waals surface area contributed by atoms with Gasteiger partial charge in [-0.1, -0.05) is 13.0 Å². The Morgan fingerprint density at radius 2 is 1.95 bits per heavy atom. The molecule has 0 spiro atoms. The molecule has 0 aromatic carbocycles. The van der Waals surface area contributed by atoms with E-state index in [-0.39, 0.29) is 29.6 Å². The SMILES string of the molecule is C[C@@H]1C[C@@H]2OC(=O)[C@]3(C)[C@H]2[C@H](O[C@@]3(C)O)[C@@]2(C)C(=O)C=C[C@H]12. The standard InChI is InChI=1S/C17H22O5/c1-8-7-10-12-13(15(2)9(8)5-6-11(15)18)22-17(4,20)16(12,3)14(19)21-10/h5-6,8-10,12-13,20H,7H2,1-4H3/t8-,9-,10+,12-,13+,15-,16+,17-/m1/s1. The van der Waals surface area contributed by atoms with Crippen LogP contribution in [0.5, 0.6) is 0 Å². The minimum absolute atomic E-state index is 0.0226. The van der Waals surface area contributed by atoms with Crippen LogP contribution in [0.2, 0.25) is 0 Å². The van der Waals surface area contributed by atoms with E-state index in [1.807, 2.05) is 13.0 Å². The lowest BCUT2D eigenvalue weighted by molar-refractivity contribution is -0.239. The number of ketones is 1. The van der Waals surface area contributed by atoms with Gasteiger partial charge in [-0.25, -0.2) is 0 Å². The van der Waals surface area contributed by atoms with Crippen LogP contribution in [0, 0.1) is 28.6 Å². The van der Waals surface area contributed by atoms with E-state index < -0.39 is 28.7 Å². The largest absolute Gasteiger partial charge is 0.461 e. The first-order valence-corrected chi connectivity index (χ1v) is 7.98. The van der Waals surface area contributed by atoms with Crippen molar-refractivity contribution in [2.75, 3.05) is 0 Å². The van der Waals surface area contributed by atoms with E-state index in [0.29, 0.717) is 6.42 Å². The summed E-state index contributed by atoms with van der Waals surface area (Å²) in [5.74, 6) is -2.04. The molecule has 0 amide bonds. The van der Waals surface area contributed by atoms with Crippen LogP contribution in [0.3, 0.4) is 0 Å². The molecule has 2 heterocycles. The van der Waals surface area contributed by atoms with Gasteiger partial charge in [-0.05, 0) is 45.1 Å². The number of carbonyl (C=O) groups is 2. The lowest BCUT2D eigenvalue weighted by Gasteiger charge is -2.37. The number of ether oxygens (including phenoxy) is 2. The fraction of sp³-hybridized carbons (Fsp3) is 0.765. The van der Waals surface area contributed by atoms with Gasteiger partial charge in [0.25, 0.3) is 0 Å². The van der Waals surface area contributed by atoms with Gasteiger partial charge in [0.1, 0.15) is 11.5 Å². The average Bonchev–Trinajstić information content (AvgIpc) is 2.91. The monoisotopic (exact) mass is 306 g/mol. The quantitative estimate of drug-likeness (QED) is 0.686. The number of fused-ring (bicyclic) bond motifs is 2. The topological polar surface area (TPSA) is 72.8 Å². The van der Waals surface area contributed by atoms with Crippen molar-refractivity contribution in [3.63, 3.8) is 0 Å². The highest BCUT2D eigenvalue weighted by molar-refractivity contribution is 5.98. The van der Waals surface area contributed by atoms with Crippen molar-refractivity contribution in [2.45, 2.75) is 52.1 Å². The van der Waals surface area contributed by atoms with Crippen LogP contribution >= 0.6 is 0 Å². The zero-order valence-corrected chi connectivity index (χ0v) is 13.3. The molecule has 4 aliphatic rings. The molecule has 5 heteroatoms. The number of carbonyl (C=O) groups excluding carboxylic acids is 2. The molecule has 0 unspecified atom stereocenters. The summed E-state index contributed by atoms with van der Waals surface area (Å²) < 4.78 is 11.6. The summed E-state index contributed by atoms with van der Waals surface area (Å²) in [5.41, 5.74) is -1.86. The smallest absolute Gasteiger partial charge is 0.318 e. The molecule has 120 valence electrons. The lowest BCUT2D eigenvalue weighted by atomic mass is 9.64.